The highest BCUT2D eigenvalue weighted by molar-refractivity contribution is 5.85. The number of halogens is 1. The molecule has 0 spiro atoms. The summed E-state index contributed by atoms with van der Waals surface area (Å²) in [6.45, 7) is 7.35. The Hall–Kier alpha value is -1.54. The molecule has 0 bridgehead atoms. The van der Waals surface area contributed by atoms with Crippen LogP contribution in [0.1, 0.15) is 25.5 Å². The van der Waals surface area contributed by atoms with Crippen LogP contribution < -0.4 is 20.5 Å². The van der Waals surface area contributed by atoms with Crippen LogP contribution in [0.4, 0.5) is 0 Å². The van der Waals surface area contributed by atoms with Crippen LogP contribution in [0.5, 0.6) is 11.5 Å². The van der Waals surface area contributed by atoms with Gasteiger partial charge in [-0.05, 0) is 23.6 Å². The molecule has 0 saturated carbocycles. The number of carbonyl (C=O) groups excluding carboxylic acids is 1. The molecule has 1 aromatic carbocycles. The van der Waals surface area contributed by atoms with Gasteiger partial charge in [-0.15, -0.1) is 12.4 Å². The van der Waals surface area contributed by atoms with Gasteiger partial charge in [-0.2, -0.15) is 0 Å². The van der Waals surface area contributed by atoms with E-state index < -0.39 is 6.04 Å². The smallest absolute Gasteiger partial charge is 0.237 e. The quantitative estimate of drug-likeness (QED) is 0.688. The van der Waals surface area contributed by atoms with Gasteiger partial charge >= 0.3 is 0 Å². The third-order valence-corrected chi connectivity index (χ3v) is 4.77. The standard InChI is InChI=1S/C19H31N3O4.ClH/c1-13(2)18(20)19(23)21-12-15(22-7-9-26-10-8-22)14-5-6-16(24-3)17(11-14)25-4;/h5-6,11,13,15,18H,7-10,12,20H2,1-4H3,(H,21,23);1H/t15?,18-;/m0./s1. The lowest BCUT2D eigenvalue weighted by Gasteiger charge is -2.35. The number of methoxy groups -OCH3 is 2. The first-order valence-corrected chi connectivity index (χ1v) is 9.05. The summed E-state index contributed by atoms with van der Waals surface area (Å²) in [6.07, 6.45) is 0. The van der Waals surface area contributed by atoms with Gasteiger partial charge in [-0.25, -0.2) is 0 Å². The average molecular weight is 402 g/mol. The second-order valence-corrected chi connectivity index (χ2v) is 6.79. The monoisotopic (exact) mass is 401 g/mol. The molecule has 0 aromatic heterocycles. The van der Waals surface area contributed by atoms with Crippen LogP contribution >= 0.6 is 12.4 Å². The van der Waals surface area contributed by atoms with Gasteiger partial charge in [0.25, 0.3) is 0 Å². The van der Waals surface area contributed by atoms with E-state index in [0.29, 0.717) is 31.3 Å². The minimum Gasteiger partial charge on any atom is -0.493 e. The van der Waals surface area contributed by atoms with E-state index in [4.69, 9.17) is 19.9 Å². The van der Waals surface area contributed by atoms with Crippen molar-refractivity contribution in [3.8, 4) is 11.5 Å². The third kappa shape index (κ3) is 6.24. The molecule has 1 fully saturated rings. The largest absolute Gasteiger partial charge is 0.493 e. The van der Waals surface area contributed by atoms with Gasteiger partial charge in [0.05, 0.1) is 39.5 Å². The predicted octanol–water partition coefficient (Wildman–Crippen LogP) is 1.60. The Morgan fingerprint density at radius 2 is 1.85 bits per heavy atom. The number of morpholine rings is 1. The normalized spacial score (nSPS) is 17.0. The Balaban J connectivity index is 0.00000364. The highest BCUT2D eigenvalue weighted by atomic mass is 35.5. The number of hydrogen-bond acceptors (Lipinski definition) is 6. The maximum atomic E-state index is 12.3. The summed E-state index contributed by atoms with van der Waals surface area (Å²) in [5.74, 6) is 1.33. The SMILES string of the molecule is COc1ccc(C(CNC(=O)[C@@H](N)C(C)C)N2CCOCC2)cc1OC.Cl. The molecule has 1 amide bonds. The van der Waals surface area contributed by atoms with Crippen LogP contribution in [-0.2, 0) is 9.53 Å². The molecule has 2 rings (SSSR count). The van der Waals surface area contributed by atoms with Gasteiger partial charge in [0.1, 0.15) is 0 Å². The van der Waals surface area contributed by atoms with Gasteiger partial charge in [-0.3, -0.25) is 9.69 Å². The summed E-state index contributed by atoms with van der Waals surface area (Å²) in [5, 5.41) is 3.01. The lowest BCUT2D eigenvalue weighted by atomic mass is 10.0. The van der Waals surface area contributed by atoms with Gasteiger partial charge in [0.15, 0.2) is 11.5 Å². The molecular formula is C19H32ClN3O4. The number of nitrogens with zero attached hydrogens (tertiary/aromatic N) is 1. The molecule has 0 radical (unpaired) electrons. The number of nitrogens with one attached hydrogen (secondary N) is 1. The summed E-state index contributed by atoms with van der Waals surface area (Å²) in [7, 11) is 3.24. The number of amides is 1. The molecule has 1 heterocycles. The average Bonchev–Trinajstić information content (AvgIpc) is 2.67. The fourth-order valence-corrected chi connectivity index (χ4v) is 3.02. The zero-order valence-electron chi connectivity index (χ0n) is 16.6. The van der Waals surface area contributed by atoms with E-state index in [1.807, 2.05) is 32.0 Å². The Bertz CT molecular complexity index is 594. The van der Waals surface area contributed by atoms with Crippen LogP contribution in [0.2, 0.25) is 0 Å². The predicted molar refractivity (Wildman–Crippen MR) is 108 cm³/mol. The number of nitrogens with two attached hydrogens (primary N) is 1. The van der Waals surface area contributed by atoms with E-state index in [9.17, 15) is 4.79 Å². The van der Waals surface area contributed by atoms with Crippen LogP contribution in [0.25, 0.3) is 0 Å². The fourth-order valence-electron chi connectivity index (χ4n) is 3.02. The van der Waals surface area contributed by atoms with Crippen molar-refractivity contribution in [3.05, 3.63) is 23.8 Å². The summed E-state index contributed by atoms with van der Waals surface area (Å²) >= 11 is 0. The van der Waals surface area contributed by atoms with Crippen LogP contribution in [-0.4, -0.2) is 63.9 Å². The first-order valence-electron chi connectivity index (χ1n) is 9.05. The number of hydrogen-bond donors (Lipinski definition) is 2. The molecule has 7 nitrogen and oxygen atoms in total. The van der Waals surface area contributed by atoms with Crippen LogP contribution in [0.15, 0.2) is 18.2 Å². The molecule has 1 saturated heterocycles. The summed E-state index contributed by atoms with van der Waals surface area (Å²) in [4.78, 5) is 14.6. The molecule has 1 aromatic rings. The number of ether oxygens (including phenoxy) is 3. The van der Waals surface area contributed by atoms with Crippen LogP contribution in [0.3, 0.4) is 0 Å². The molecule has 1 aliphatic rings. The van der Waals surface area contributed by atoms with Crippen molar-refractivity contribution in [1.29, 1.82) is 0 Å². The van der Waals surface area contributed by atoms with Gasteiger partial charge in [0, 0.05) is 19.6 Å². The molecule has 1 unspecified atom stereocenters. The minimum atomic E-state index is -0.509. The first kappa shape index (κ1) is 23.5. The van der Waals surface area contributed by atoms with Crippen molar-refractivity contribution in [1.82, 2.24) is 10.2 Å². The van der Waals surface area contributed by atoms with E-state index in [0.717, 1.165) is 18.7 Å². The Kier molecular flexibility index (Phi) is 9.87. The van der Waals surface area contributed by atoms with Gasteiger partial charge in [0.2, 0.25) is 5.91 Å². The van der Waals surface area contributed by atoms with Crippen molar-refractivity contribution >= 4 is 18.3 Å². The zero-order valence-corrected chi connectivity index (χ0v) is 17.4. The molecule has 2 atom stereocenters. The van der Waals surface area contributed by atoms with Crippen molar-refractivity contribution in [2.45, 2.75) is 25.9 Å². The maximum absolute atomic E-state index is 12.3. The summed E-state index contributed by atoms with van der Waals surface area (Å²) in [6, 6.07) is 5.38. The third-order valence-electron chi connectivity index (χ3n) is 4.77. The molecule has 3 N–H and O–H groups in total. The Morgan fingerprint density at radius 1 is 1.22 bits per heavy atom. The highest BCUT2D eigenvalue weighted by Crippen LogP contribution is 2.32. The summed E-state index contributed by atoms with van der Waals surface area (Å²) in [5.41, 5.74) is 7.02. The number of benzene rings is 1. The molecule has 0 aliphatic carbocycles. The molecule has 1 aliphatic heterocycles. The van der Waals surface area contributed by atoms with E-state index in [1.165, 1.54) is 0 Å². The molecule has 8 heteroatoms. The summed E-state index contributed by atoms with van der Waals surface area (Å²) < 4.78 is 16.2. The van der Waals surface area contributed by atoms with Crippen molar-refractivity contribution in [2.75, 3.05) is 47.1 Å². The van der Waals surface area contributed by atoms with Gasteiger partial charge in [-0.1, -0.05) is 19.9 Å². The second-order valence-electron chi connectivity index (χ2n) is 6.79. The molecule has 27 heavy (non-hydrogen) atoms. The topological polar surface area (TPSA) is 86.0 Å². The Labute approximate surface area is 167 Å². The van der Waals surface area contributed by atoms with Crippen LogP contribution in [0, 0.1) is 5.92 Å². The number of carbonyl (C=O) groups is 1. The van der Waals surface area contributed by atoms with E-state index >= 15 is 0 Å². The van der Waals surface area contributed by atoms with Gasteiger partial charge < -0.3 is 25.3 Å². The molecule has 154 valence electrons. The van der Waals surface area contributed by atoms with E-state index in [1.54, 1.807) is 14.2 Å². The van der Waals surface area contributed by atoms with E-state index in [2.05, 4.69) is 10.2 Å². The van der Waals surface area contributed by atoms with Crippen molar-refractivity contribution in [2.24, 2.45) is 11.7 Å². The first-order chi connectivity index (χ1) is 12.5. The Morgan fingerprint density at radius 3 is 2.41 bits per heavy atom. The minimum absolute atomic E-state index is 0. The lowest BCUT2D eigenvalue weighted by molar-refractivity contribution is -0.123. The molecular weight excluding hydrogens is 370 g/mol. The second kappa shape index (κ2) is 11.3. The lowest BCUT2D eigenvalue weighted by Crippen LogP contribution is -2.48. The zero-order chi connectivity index (χ0) is 19.1. The maximum Gasteiger partial charge on any atom is 0.237 e. The highest BCUT2D eigenvalue weighted by Gasteiger charge is 2.25. The number of rotatable bonds is 8. The van der Waals surface area contributed by atoms with E-state index in [-0.39, 0.29) is 30.3 Å². The van der Waals surface area contributed by atoms with Crippen molar-refractivity contribution in [3.63, 3.8) is 0 Å². The fraction of sp³-hybridized carbons (Fsp3) is 0.632. The van der Waals surface area contributed by atoms with Crippen molar-refractivity contribution < 1.29 is 19.0 Å².